The molecule has 168 valence electrons. The van der Waals surface area contributed by atoms with E-state index in [-0.39, 0.29) is 28.6 Å². The number of benzene rings is 3. The standard InChI is InChI=1S/C24H25ClN2O4S/c1-17-8-10-19(11-9-17)16-26-24(28)21(14-18-6-4-3-5-7-18)27-32(29,30)23-15-20(25)12-13-22(23)31-2/h3-13,15,21,27H,14,16H2,1-2H3,(H,26,28)/t21-/m1/s1. The molecule has 3 aromatic rings. The zero-order valence-electron chi connectivity index (χ0n) is 17.8. The van der Waals surface area contributed by atoms with E-state index in [0.717, 1.165) is 16.7 Å². The summed E-state index contributed by atoms with van der Waals surface area (Å²) in [7, 11) is -2.73. The summed E-state index contributed by atoms with van der Waals surface area (Å²) >= 11 is 6.01. The van der Waals surface area contributed by atoms with Crippen molar-refractivity contribution in [3.63, 3.8) is 0 Å². The first-order chi connectivity index (χ1) is 15.3. The van der Waals surface area contributed by atoms with Gasteiger partial charge in [-0.15, -0.1) is 0 Å². The van der Waals surface area contributed by atoms with Crippen LogP contribution in [0.5, 0.6) is 5.75 Å². The number of hydrogen-bond donors (Lipinski definition) is 2. The predicted molar refractivity (Wildman–Crippen MR) is 125 cm³/mol. The zero-order chi connectivity index (χ0) is 23.1. The Kier molecular flexibility index (Phi) is 7.90. The molecule has 0 unspecified atom stereocenters. The van der Waals surface area contributed by atoms with Crippen molar-refractivity contribution in [1.82, 2.24) is 10.0 Å². The lowest BCUT2D eigenvalue weighted by molar-refractivity contribution is -0.122. The molecule has 0 aliphatic rings. The minimum Gasteiger partial charge on any atom is -0.495 e. The van der Waals surface area contributed by atoms with E-state index < -0.39 is 22.0 Å². The van der Waals surface area contributed by atoms with E-state index in [1.165, 1.54) is 25.3 Å². The van der Waals surface area contributed by atoms with Crippen LogP contribution in [0.15, 0.2) is 77.7 Å². The molecule has 0 bridgehead atoms. The summed E-state index contributed by atoms with van der Waals surface area (Å²) < 4.78 is 34.0. The first-order valence-electron chi connectivity index (χ1n) is 10.0. The van der Waals surface area contributed by atoms with Crippen LogP contribution in [0.25, 0.3) is 0 Å². The molecule has 6 nitrogen and oxygen atoms in total. The Labute approximate surface area is 193 Å². The number of nitrogens with one attached hydrogen (secondary N) is 2. The van der Waals surface area contributed by atoms with Crippen LogP contribution in [-0.2, 0) is 27.8 Å². The van der Waals surface area contributed by atoms with Gasteiger partial charge in [0.1, 0.15) is 16.7 Å². The maximum Gasteiger partial charge on any atom is 0.245 e. The number of aryl methyl sites for hydroxylation is 1. The highest BCUT2D eigenvalue weighted by Crippen LogP contribution is 2.27. The van der Waals surface area contributed by atoms with Crippen molar-refractivity contribution in [3.8, 4) is 5.75 Å². The van der Waals surface area contributed by atoms with E-state index >= 15 is 0 Å². The highest BCUT2D eigenvalue weighted by Gasteiger charge is 2.28. The van der Waals surface area contributed by atoms with Gasteiger partial charge in [-0.2, -0.15) is 4.72 Å². The number of rotatable bonds is 9. The third-order valence-corrected chi connectivity index (χ3v) is 6.63. The molecule has 0 aliphatic carbocycles. The molecule has 0 saturated carbocycles. The summed E-state index contributed by atoms with van der Waals surface area (Å²) in [6.07, 6.45) is 0.183. The average molecular weight is 473 g/mol. The van der Waals surface area contributed by atoms with Crippen molar-refractivity contribution >= 4 is 27.5 Å². The molecule has 32 heavy (non-hydrogen) atoms. The number of halogens is 1. The maximum atomic E-state index is 13.2. The van der Waals surface area contributed by atoms with E-state index in [1.54, 1.807) is 0 Å². The second-order valence-corrected chi connectivity index (χ2v) is 9.48. The van der Waals surface area contributed by atoms with Gasteiger partial charge in [0.25, 0.3) is 0 Å². The quantitative estimate of drug-likeness (QED) is 0.495. The summed E-state index contributed by atoms with van der Waals surface area (Å²) in [5.41, 5.74) is 2.86. The van der Waals surface area contributed by atoms with Crippen LogP contribution in [0.2, 0.25) is 5.02 Å². The van der Waals surface area contributed by atoms with E-state index in [0.29, 0.717) is 0 Å². The van der Waals surface area contributed by atoms with Gasteiger partial charge >= 0.3 is 0 Å². The number of ether oxygens (including phenoxy) is 1. The molecule has 3 rings (SSSR count). The fourth-order valence-corrected chi connectivity index (χ4v) is 4.79. The molecule has 8 heteroatoms. The van der Waals surface area contributed by atoms with Gasteiger partial charge in [0, 0.05) is 11.6 Å². The van der Waals surface area contributed by atoms with Crippen LogP contribution >= 0.6 is 11.6 Å². The zero-order valence-corrected chi connectivity index (χ0v) is 19.4. The molecule has 0 aliphatic heterocycles. The highest BCUT2D eigenvalue weighted by molar-refractivity contribution is 7.89. The van der Waals surface area contributed by atoms with E-state index in [4.69, 9.17) is 16.3 Å². The van der Waals surface area contributed by atoms with E-state index in [9.17, 15) is 13.2 Å². The molecule has 1 amide bonds. The van der Waals surface area contributed by atoms with Gasteiger partial charge < -0.3 is 10.1 Å². The second kappa shape index (κ2) is 10.6. The second-order valence-electron chi connectivity index (χ2n) is 7.36. The number of carbonyl (C=O) groups is 1. The fourth-order valence-electron chi connectivity index (χ4n) is 3.17. The molecule has 1 atom stereocenters. The van der Waals surface area contributed by atoms with Crippen molar-refractivity contribution in [2.24, 2.45) is 0 Å². The normalized spacial score (nSPS) is 12.2. The van der Waals surface area contributed by atoms with Crippen LogP contribution < -0.4 is 14.8 Å². The van der Waals surface area contributed by atoms with Gasteiger partial charge in [0.2, 0.25) is 15.9 Å². The number of amides is 1. The van der Waals surface area contributed by atoms with Crippen molar-refractivity contribution < 1.29 is 17.9 Å². The predicted octanol–water partition coefficient (Wildman–Crippen LogP) is 3.86. The van der Waals surface area contributed by atoms with E-state index in [2.05, 4.69) is 10.0 Å². The Balaban J connectivity index is 1.84. The SMILES string of the molecule is COc1ccc(Cl)cc1S(=O)(=O)N[C@H](Cc1ccccc1)C(=O)NCc1ccc(C)cc1. The number of carbonyl (C=O) groups excluding carboxylic acids is 1. The molecule has 0 saturated heterocycles. The molecule has 0 radical (unpaired) electrons. The Bertz CT molecular complexity index is 1170. The van der Waals surface area contributed by atoms with Crippen LogP contribution in [-0.4, -0.2) is 27.5 Å². The fraction of sp³-hybridized carbons (Fsp3) is 0.208. The summed E-state index contributed by atoms with van der Waals surface area (Å²) in [6.45, 7) is 2.27. The van der Waals surface area contributed by atoms with Gasteiger partial charge in [-0.05, 0) is 42.7 Å². The average Bonchev–Trinajstić information content (AvgIpc) is 2.78. The Morgan fingerprint density at radius 1 is 1.00 bits per heavy atom. The number of hydrogen-bond acceptors (Lipinski definition) is 4. The first kappa shape index (κ1) is 23.8. The van der Waals surface area contributed by atoms with Gasteiger partial charge in [0.05, 0.1) is 7.11 Å². The smallest absolute Gasteiger partial charge is 0.245 e. The van der Waals surface area contributed by atoms with Gasteiger partial charge in [-0.3, -0.25) is 4.79 Å². The minimum atomic E-state index is -4.10. The first-order valence-corrected chi connectivity index (χ1v) is 11.9. The van der Waals surface area contributed by atoms with Crippen LogP contribution in [0.4, 0.5) is 0 Å². The van der Waals surface area contributed by atoms with Crippen molar-refractivity contribution in [1.29, 1.82) is 0 Å². The van der Waals surface area contributed by atoms with Crippen LogP contribution in [0.1, 0.15) is 16.7 Å². The van der Waals surface area contributed by atoms with E-state index in [1.807, 2.05) is 61.5 Å². The van der Waals surface area contributed by atoms with Gasteiger partial charge in [-0.25, -0.2) is 8.42 Å². The largest absolute Gasteiger partial charge is 0.495 e. The summed E-state index contributed by atoms with van der Waals surface area (Å²) in [6, 6.07) is 20.2. The third kappa shape index (κ3) is 6.32. The third-order valence-electron chi connectivity index (χ3n) is 4.90. The van der Waals surface area contributed by atoms with Gasteiger partial charge in [0.15, 0.2) is 0 Å². The van der Waals surface area contributed by atoms with Crippen molar-refractivity contribution in [3.05, 3.63) is 94.5 Å². The Hall–Kier alpha value is -2.87. The molecule has 3 aromatic carbocycles. The Morgan fingerprint density at radius 2 is 1.69 bits per heavy atom. The van der Waals surface area contributed by atoms with Crippen LogP contribution in [0, 0.1) is 6.92 Å². The lowest BCUT2D eigenvalue weighted by Crippen LogP contribution is -2.47. The minimum absolute atomic E-state index is 0.128. The summed E-state index contributed by atoms with van der Waals surface area (Å²) in [4.78, 5) is 12.9. The lowest BCUT2D eigenvalue weighted by atomic mass is 10.1. The molecular weight excluding hydrogens is 448 g/mol. The molecular formula is C24H25ClN2O4S. The highest BCUT2D eigenvalue weighted by atomic mass is 35.5. The molecule has 2 N–H and O–H groups in total. The Morgan fingerprint density at radius 3 is 2.34 bits per heavy atom. The monoisotopic (exact) mass is 472 g/mol. The number of sulfonamides is 1. The van der Waals surface area contributed by atoms with Crippen molar-refractivity contribution in [2.45, 2.75) is 30.8 Å². The maximum absolute atomic E-state index is 13.2. The molecule has 0 spiro atoms. The molecule has 0 fully saturated rings. The number of methoxy groups -OCH3 is 1. The van der Waals surface area contributed by atoms with Crippen LogP contribution in [0.3, 0.4) is 0 Å². The van der Waals surface area contributed by atoms with Gasteiger partial charge in [-0.1, -0.05) is 71.8 Å². The summed E-state index contributed by atoms with van der Waals surface area (Å²) in [5.74, 6) is -0.292. The topological polar surface area (TPSA) is 84.5 Å². The lowest BCUT2D eigenvalue weighted by Gasteiger charge is -2.20. The van der Waals surface area contributed by atoms with Crippen molar-refractivity contribution in [2.75, 3.05) is 7.11 Å². The summed E-state index contributed by atoms with van der Waals surface area (Å²) in [5, 5.41) is 3.07. The molecule has 0 aromatic heterocycles. The molecule has 0 heterocycles.